The van der Waals surface area contributed by atoms with Gasteiger partial charge in [0, 0.05) is 6.04 Å². The van der Waals surface area contributed by atoms with Gasteiger partial charge in [0.2, 0.25) is 0 Å². The lowest BCUT2D eigenvalue weighted by atomic mass is 9.60. The number of benzene rings is 1. The van der Waals surface area contributed by atoms with Crippen molar-refractivity contribution in [3.8, 4) is 0 Å². The molecule has 26 heavy (non-hydrogen) atoms. The molecule has 1 aromatic carbocycles. The first-order valence-corrected chi connectivity index (χ1v) is 10.9. The third-order valence-corrected chi connectivity index (χ3v) is 6.67. The molecule has 1 aromatic rings. The predicted octanol–water partition coefficient (Wildman–Crippen LogP) is 6.64. The van der Waals surface area contributed by atoms with Crippen LogP contribution in [0.3, 0.4) is 0 Å². The van der Waals surface area contributed by atoms with Gasteiger partial charge in [-0.15, -0.1) is 0 Å². The summed E-state index contributed by atoms with van der Waals surface area (Å²) in [4.78, 5) is 0. The van der Waals surface area contributed by atoms with Crippen LogP contribution in [0.4, 0.5) is 0 Å². The lowest BCUT2D eigenvalue weighted by molar-refractivity contribution is 0.0737. The molecule has 4 atom stereocenters. The summed E-state index contributed by atoms with van der Waals surface area (Å²) >= 11 is 0. The smallest absolute Gasteiger partial charge is 0.00792 e. The Balaban J connectivity index is 1.91. The molecule has 0 bridgehead atoms. The van der Waals surface area contributed by atoms with Gasteiger partial charge < -0.3 is 5.32 Å². The molecule has 2 rings (SSSR count). The van der Waals surface area contributed by atoms with Crippen molar-refractivity contribution in [2.24, 2.45) is 23.2 Å². The van der Waals surface area contributed by atoms with Gasteiger partial charge in [0.1, 0.15) is 0 Å². The monoisotopic (exact) mass is 355 g/mol. The zero-order chi connectivity index (χ0) is 19.0. The van der Waals surface area contributed by atoms with Crippen molar-refractivity contribution in [2.75, 3.05) is 6.54 Å². The van der Waals surface area contributed by atoms with Gasteiger partial charge >= 0.3 is 0 Å². The first-order valence-electron chi connectivity index (χ1n) is 10.9. The first kappa shape index (κ1) is 21.2. The molecule has 1 nitrogen and oxygen atoms in total. The quantitative estimate of drug-likeness (QED) is 0.515. The van der Waals surface area contributed by atoms with Crippen molar-refractivity contribution in [3.63, 3.8) is 0 Å². The minimum absolute atomic E-state index is 0.459. The molecule has 4 unspecified atom stereocenters. The summed E-state index contributed by atoms with van der Waals surface area (Å²) in [5, 5.41) is 3.80. The Kier molecular flexibility index (Phi) is 8.41. The Hall–Kier alpha value is -1.08. The number of hydrogen-bond acceptors (Lipinski definition) is 1. The lowest BCUT2D eigenvalue weighted by Gasteiger charge is -2.45. The van der Waals surface area contributed by atoms with Gasteiger partial charge in [-0.05, 0) is 74.3 Å². The van der Waals surface area contributed by atoms with Crippen LogP contribution in [0.5, 0.6) is 0 Å². The zero-order valence-electron chi connectivity index (χ0n) is 17.8. The first-order chi connectivity index (χ1) is 12.4. The summed E-state index contributed by atoms with van der Waals surface area (Å²) in [5.74, 6) is 2.14. The maximum absolute atomic E-state index is 3.80. The summed E-state index contributed by atoms with van der Waals surface area (Å²) in [7, 11) is 0. The topological polar surface area (TPSA) is 12.0 Å². The highest BCUT2D eigenvalue weighted by atomic mass is 14.9. The summed E-state index contributed by atoms with van der Waals surface area (Å²) < 4.78 is 0. The van der Waals surface area contributed by atoms with Crippen LogP contribution in [-0.2, 0) is 6.42 Å². The van der Waals surface area contributed by atoms with Crippen molar-refractivity contribution in [3.05, 3.63) is 48.0 Å². The van der Waals surface area contributed by atoms with Crippen LogP contribution in [-0.4, -0.2) is 12.6 Å². The Morgan fingerprint density at radius 3 is 2.50 bits per heavy atom. The van der Waals surface area contributed by atoms with E-state index >= 15 is 0 Å². The summed E-state index contributed by atoms with van der Waals surface area (Å²) in [6, 6.07) is 11.4. The highest BCUT2D eigenvalue weighted by Crippen LogP contribution is 2.47. The van der Waals surface area contributed by atoms with Crippen LogP contribution in [0, 0.1) is 23.2 Å². The predicted molar refractivity (Wildman–Crippen MR) is 115 cm³/mol. The largest absolute Gasteiger partial charge is 0.314 e. The Morgan fingerprint density at radius 1 is 1.08 bits per heavy atom. The van der Waals surface area contributed by atoms with Gasteiger partial charge in [0.25, 0.3) is 0 Å². The standard InChI is InChI=1S/C25H41N/c1-20(2)25(16-12-7-6-9-13-22(25)4)18-21(3)19-26-23(5)17-24-14-10-8-11-15-24/h8-11,13-15,20-23,26H,6-7,12,16-19H2,1-5H3/b13-9-. The van der Waals surface area contributed by atoms with Crippen LogP contribution in [0.25, 0.3) is 0 Å². The number of rotatable bonds is 8. The molecule has 0 heterocycles. The van der Waals surface area contributed by atoms with E-state index in [0.717, 1.165) is 18.9 Å². The molecule has 0 aromatic heterocycles. The van der Waals surface area contributed by atoms with Gasteiger partial charge in [-0.1, -0.05) is 76.6 Å². The molecular weight excluding hydrogens is 314 g/mol. The maximum Gasteiger partial charge on any atom is 0.00792 e. The number of allylic oxidation sites excluding steroid dienone is 2. The molecule has 1 N–H and O–H groups in total. The number of hydrogen-bond donors (Lipinski definition) is 1. The lowest BCUT2D eigenvalue weighted by Crippen LogP contribution is -2.39. The fourth-order valence-corrected chi connectivity index (χ4v) is 4.94. The van der Waals surface area contributed by atoms with Gasteiger partial charge in [0.15, 0.2) is 0 Å². The second kappa shape index (κ2) is 10.3. The van der Waals surface area contributed by atoms with Crippen molar-refractivity contribution in [2.45, 2.75) is 79.2 Å². The van der Waals surface area contributed by atoms with Crippen molar-refractivity contribution in [1.82, 2.24) is 5.32 Å². The molecule has 0 fully saturated rings. The fraction of sp³-hybridized carbons (Fsp3) is 0.680. The van der Waals surface area contributed by atoms with Crippen molar-refractivity contribution < 1.29 is 0 Å². The van der Waals surface area contributed by atoms with E-state index in [2.05, 4.69) is 82.4 Å². The van der Waals surface area contributed by atoms with Crippen LogP contribution < -0.4 is 5.32 Å². The van der Waals surface area contributed by atoms with Crippen molar-refractivity contribution >= 4 is 0 Å². The Bertz CT molecular complexity index is 532. The molecule has 0 saturated carbocycles. The maximum atomic E-state index is 3.80. The average Bonchev–Trinajstić information content (AvgIpc) is 2.60. The SMILES string of the molecule is CC(CNC(C)Cc1ccccc1)CC1(C(C)C)CCCC/C=C\C1C. The molecule has 1 aliphatic rings. The van der Waals surface area contributed by atoms with E-state index in [1.807, 2.05) is 0 Å². The Labute approximate surface area is 162 Å². The minimum Gasteiger partial charge on any atom is -0.314 e. The average molecular weight is 356 g/mol. The second-order valence-corrected chi connectivity index (χ2v) is 9.16. The van der Waals surface area contributed by atoms with Gasteiger partial charge in [-0.3, -0.25) is 0 Å². The fourth-order valence-electron chi connectivity index (χ4n) is 4.94. The molecule has 0 radical (unpaired) electrons. The molecule has 1 aliphatic carbocycles. The normalized spacial score (nSPS) is 27.5. The van der Waals surface area contributed by atoms with E-state index in [0.29, 0.717) is 23.3 Å². The van der Waals surface area contributed by atoms with Crippen LogP contribution in [0.1, 0.15) is 72.3 Å². The van der Waals surface area contributed by atoms with Gasteiger partial charge in [0.05, 0.1) is 0 Å². The van der Waals surface area contributed by atoms with Crippen molar-refractivity contribution in [1.29, 1.82) is 0 Å². The molecule has 1 heteroatoms. The van der Waals surface area contributed by atoms with E-state index in [9.17, 15) is 0 Å². The molecular formula is C25H41N. The second-order valence-electron chi connectivity index (χ2n) is 9.16. The highest BCUT2D eigenvalue weighted by Gasteiger charge is 2.38. The van der Waals surface area contributed by atoms with Crippen LogP contribution in [0.15, 0.2) is 42.5 Å². The molecule has 0 amide bonds. The van der Waals surface area contributed by atoms with E-state index in [1.165, 1.54) is 37.7 Å². The minimum atomic E-state index is 0.459. The summed E-state index contributed by atoms with van der Waals surface area (Å²) in [6.45, 7) is 13.2. The molecule has 0 aliphatic heterocycles. The summed E-state index contributed by atoms with van der Waals surface area (Å²) in [5.41, 5.74) is 1.89. The van der Waals surface area contributed by atoms with E-state index in [4.69, 9.17) is 0 Å². The van der Waals surface area contributed by atoms with E-state index in [-0.39, 0.29) is 0 Å². The number of nitrogens with one attached hydrogen (secondary N) is 1. The van der Waals surface area contributed by atoms with Crippen LogP contribution >= 0.6 is 0 Å². The molecule has 146 valence electrons. The van der Waals surface area contributed by atoms with Gasteiger partial charge in [-0.2, -0.15) is 0 Å². The van der Waals surface area contributed by atoms with Crippen LogP contribution in [0.2, 0.25) is 0 Å². The third kappa shape index (κ3) is 5.98. The van der Waals surface area contributed by atoms with E-state index in [1.54, 1.807) is 0 Å². The molecule has 0 saturated heterocycles. The zero-order valence-corrected chi connectivity index (χ0v) is 17.8. The summed E-state index contributed by atoms with van der Waals surface area (Å²) in [6.07, 6.45) is 12.8. The highest BCUT2D eigenvalue weighted by molar-refractivity contribution is 5.15. The molecule has 0 spiro atoms. The Morgan fingerprint density at radius 2 is 1.81 bits per heavy atom. The van der Waals surface area contributed by atoms with E-state index < -0.39 is 0 Å². The van der Waals surface area contributed by atoms with Gasteiger partial charge in [-0.25, -0.2) is 0 Å². The third-order valence-electron chi connectivity index (χ3n) is 6.67.